The normalized spacial score (nSPS) is 13.0. The molecule has 0 rings (SSSR count). The number of carbonyl (C=O) groups is 5. The van der Waals surface area contributed by atoms with Gasteiger partial charge in [-0.3, -0.25) is 24.0 Å². The van der Waals surface area contributed by atoms with Crippen LogP contribution in [0.5, 0.6) is 0 Å². The summed E-state index contributed by atoms with van der Waals surface area (Å²) < 4.78 is 0. The minimum absolute atomic E-state index is 0.0621. The molecule has 3 amide bonds. The molecule has 25 heavy (non-hydrogen) atoms. The molecule has 4 N–H and O–H groups in total. The van der Waals surface area contributed by atoms with Crippen LogP contribution in [0.1, 0.15) is 40.5 Å². The van der Waals surface area contributed by atoms with Crippen LogP contribution in [0.25, 0.3) is 0 Å². The number of carboxylic acids is 1. The van der Waals surface area contributed by atoms with Crippen LogP contribution >= 0.6 is 0 Å². The fraction of sp³-hybridized carbons (Fsp3) is 0.688. The summed E-state index contributed by atoms with van der Waals surface area (Å²) in [5, 5.41) is 15.7. The van der Waals surface area contributed by atoms with Crippen LogP contribution in [-0.2, 0) is 24.0 Å². The Morgan fingerprint density at radius 3 is 1.76 bits per heavy atom. The maximum Gasteiger partial charge on any atom is 0.322 e. The molecule has 9 heteroatoms. The average Bonchev–Trinajstić information content (AvgIpc) is 2.49. The zero-order chi connectivity index (χ0) is 19.6. The monoisotopic (exact) mass is 357 g/mol. The first-order valence-corrected chi connectivity index (χ1v) is 8.12. The molecule has 142 valence electrons. The molecule has 2 atom stereocenters. The van der Waals surface area contributed by atoms with Crippen LogP contribution in [0.3, 0.4) is 0 Å². The highest BCUT2D eigenvalue weighted by molar-refractivity contribution is 6.24. The fourth-order valence-corrected chi connectivity index (χ4v) is 2.17. The molecule has 0 heterocycles. The number of hydrogen-bond donors (Lipinski definition) is 4. The summed E-state index contributed by atoms with van der Waals surface area (Å²) in [4.78, 5) is 56.9. The Labute approximate surface area is 146 Å². The Balaban J connectivity index is 5.09. The van der Waals surface area contributed by atoms with Crippen molar-refractivity contribution in [2.75, 3.05) is 6.54 Å². The van der Waals surface area contributed by atoms with Crippen molar-refractivity contribution in [3.05, 3.63) is 0 Å². The van der Waals surface area contributed by atoms with Gasteiger partial charge in [0.2, 0.25) is 18.1 Å². The van der Waals surface area contributed by atoms with Crippen molar-refractivity contribution in [2.24, 2.45) is 11.8 Å². The third-order valence-corrected chi connectivity index (χ3v) is 3.20. The smallest absolute Gasteiger partial charge is 0.322 e. The number of hydrogen-bond acceptors (Lipinski definition) is 5. The van der Waals surface area contributed by atoms with Gasteiger partial charge in [0, 0.05) is 0 Å². The second kappa shape index (κ2) is 11.2. The highest BCUT2D eigenvalue weighted by atomic mass is 16.4. The lowest BCUT2D eigenvalue weighted by Gasteiger charge is -2.24. The summed E-state index contributed by atoms with van der Waals surface area (Å²) in [6.45, 7) is 6.84. The number of carboxylic acid groups (broad SMARTS) is 1. The van der Waals surface area contributed by atoms with E-state index in [2.05, 4.69) is 16.0 Å². The first-order valence-electron chi connectivity index (χ1n) is 8.12. The molecular formula is C16H27N3O6. The molecule has 0 aromatic rings. The number of rotatable bonds is 11. The van der Waals surface area contributed by atoms with E-state index in [0.717, 1.165) is 0 Å². The van der Waals surface area contributed by atoms with Gasteiger partial charge in [-0.2, -0.15) is 0 Å². The quantitative estimate of drug-likeness (QED) is 0.289. The lowest BCUT2D eigenvalue weighted by atomic mass is 10.00. The highest BCUT2D eigenvalue weighted by Crippen LogP contribution is 2.08. The number of aliphatic carboxylic acids is 1. The van der Waals surface area contributed by atoms with E-state index in [1.54, 1.807) is 0 Å². The van der Waals surface area contributed by atoms with Gasteiger partial charge in [-0.05, 0) is 24.7 Å². The highest BCUT2D eigenvalue weighted by Gasteiger charge is 2.27. The Morgan fingerprint density at radius 1 is 0.880 bits per heavy atom. The number of nitrogens with one attached hydrogen (secondary N) is 3. The summed E-state index contributed by atoms with van der Waals surface area (Å²) in [5.41, 5.74) is 0. The number of aldehydes is 1. The molecule has 0 unspecified atom stereocenters. The van der Waals surface area contributed by atoms with Crippen LogP contribution in [0.15, 0.2) is 0 Å². The van der Waals surface area contributed by atoms with Gasteiger partial charge < -0.3 is 21.1 Å². The molecular weight excluding hydrogens is 330 g/mol. The maximum absolute atomic E-state index is 12.4. The van der Waals surface area contributed by atoms with Crippen molar-refractivity contribution in [3.63, 3.8) is 0 Å². The zero-order valence-electron chi connectivity index (χ0n) is 15.0. The Morgan fingerprint density at radius 2 is 1.36 bits per heavy atom. The molecule has 0 bridgehead atoms. The van der Waals surface area contributed by atoms with Crippen molar-refractivity contribution in [1.82, 2.24) is 16.0 Å². The van der Waals surface area contributed by atoms with E-state index in [-0.39, 0.29) is 24.5 Å². The molecule has 0 saturated heterocycles. The van der Waals surface area contributed by atoms with E-state index >= 15 is 0 Å². The van der Waals surface area contributed by atoms with Gasteiger partial charge in [-0.1, -0.05) is 27.7 Å². The Hall–Kier alpha value is -2.45. The van der Waals surface area contributed by atoms with Crippen LogP contribution in [-0.4, -0.2) is 53.7 Å². The molecule has 0 aliphatic carbocycles. The Kier molecular flexibility index (Phi) is 10.1. The first kappa shape index (κ1) is 22.6. The topological polar surface area (TPSA) is 142 Å². The predicted molar refractivity (Wildman–Crippen MR) is 89.5 cm³/mol. The number of carbonyl (C=O) groups excluding carboxylic acids is 4. The van der Waals surface area contributed by atoms with E-state index < -0.39 is 42.3 Å². The van der Waals surface area contributed by atoms with Crippen LogP contribution in [0.4, 0.5) is 0 Å². The second-order valence-corrected chi connectivity index (χ2v) is 6.61. The van der Waals surface area contributed by atoms with Crippen molar-refractivity contribution in [3.8, 4) is 0 Å². The Bertz CT molecular complexity index is 504. The van der Waals surface area contributed by atoms with Gasteiger partial charge in [0.1, 0.15) is 18.6 Å². The second-order valence-electron chi connectivity index (χ2n) is 6.61. The van der Waals surface area contributed by atoms with E-state index in [4.69, 9.17) is 5.11 Å². The lowest BCUT2D eigenvalue weighted by molar-refractivity contribution is -0.138. The summed E-state index contributed by atoms with van der Waals surface area (Å²) in [6.07, 6.45) is 0.662. The summed E-state index contributed by atoms with van der Waals surface area (Å²) in [5.74, 6) is -3.20. The van der Waals surface area contributed by atoms with Crippen LogP contribution in [0, 0.1) is 11.8 Å². The van der Waals surface area contributed by atoms with Crippen LogP contribution < -0.4 is 16.0 Å². The molecule has 0 fully saturated rings. The molecule has 0 aromatic heterocycles. The molecule has 0 aliphatic rings. The van der Waals surface area contributed by atoms with Crippen LogP contribution in [0.2, 0.25) is 0 Å². The van der Waals surface area contributed by atoms with E-state index in [1.165, 1.54) is 0 Å². The third kappa shape index (κ3) is 10.1. The minimum atomic E-state index is -1.20. The molecule has 0 aliphatic heterocycles. The molecule has 0 aromatic carbocycles. The molecule has 0 spiro atoms. The van der Waals surface area contributed by atoms with Crippen molar-refractivity contribution >= 4 is 30.0 Å². The number of amides is 3. The van der Waals surface area contributed by atoms with E-state index in [9.17, 15) is 24.0 Å². The van der Waals surface area contributed by atoms with Gasteiger partial charge in [-0.25, -0.2) is 0 Å². The van der Waals surface area contributed by atoms with E-state index in [0.29, 0.717) is 6.42 Å². The van der Waals surface area contributed by atoms with Gasteiger partial charge in [0.15, 0.2) is 0 Å². The largest absolute Gasteiger partial charge is 0.480 e. The first-order chi connectivity index (χ1) is 11.6. The standard InChI is InChI=1S/C16H27N3O6/c1-9(2)5-11(15(24)17-7-14(22)23)19-16(25)12(6-10(3)4)18-13(21)8-20/h8-12H,5-7H2,1-4H3,(H,17,24)(H,18,21)(H,19,25)(H,22,23)/t11-,12-/m0/s1. The lowest BCUT2D eigenvalue weighted by Crippen LogP contribution is -2.54. The van der Waals surface area contributed by atoms with E-state index in [1.807, 2.05) is 27.7 Å². The summed E-state index contributed by atoms with van der Waals surface area (Å²) >= 11 is 0. The minimum Gasteiger partial charge on any atom is -0.480 e. The maximum atomic E-state index is 12.4. The average molecular weight is 357 g/mol. The third-order valence-electron chi connectivity index (χ3n) is 3.20. The zero-order valence-corrected chi connectivity index (χ0v) is 15.0. The van der Waals surface area contributed by atoms with Crippen molar-refractivity contribution < 1.29 is 29.1 Å². The summed E-state index contributed by atoms with van der Waals surface area (Å²) in [6, 6.07) is -1.89. The molecule has 0 radical (unpaired) electrons. The SMILES string of the molecule is CC(C)C[C@H](NC(=O)C=O)C(=O)N[C@@H](CC(C)C)C(=O)NCC(=O)O. The summed E-state index contributed by atoms with van der Waals surface area (Å²) in [7, 11) is 0. The predicted octanol–water partition coefficient (Wildman–Crippen LogP) is -0.552. The van der Waals surface area contributed by atoms with Gasteiger partial charge >= 0.3 is 5.97 Å². The van der Waals surface area contributed by atoms with Gasteiger partial charge in [0.05, 0.1) is 0 Å². The fourth-order valence-electron chi connectivity index (χ4n) is 2.17. The van der Waals surface area contributed by atoms with Crippen molar-refractivity contribution in [1.29, 1.82) is 0 Å². The van der Waals surface area contributed by atoms with Crippen molar-refractivity contribution in [2.45, 2.75) is 52.6 Å². The molecule has 9 nitrogen and oxygen atoms in total. The molecule has 0 saturated carbocycles. The van der Waals surface area contributed by atoms with Gasteiger partial charge in [-0.15, -0.1) is 0 Å². The van der Waals surface area contributed by atoms with Gasteiger partial charge in [0.25, 0.3) is 5.91 Å².